The third-order valence-electron chi connectivity index (χ3n) is 3.57. The third kappa shape index (κ3) is 4.53. The van der Waals surface area contributed by atoms with Crippen LogP contribution in [-0.2, 0) is 18.0 Å². The molecular formula is C18H20FNO4. The van der Waals surface area contributed by atoms with Gasteiger partial charge in [0.15, 0.2) is 6.61 Å². The van der Waals surface area contributed by atoms with Crippen LogP contribution in [0.3, 0.4) is 0 Å². The minimum absolute atomic E-state index is 0.129. The Hall–Kier alpha value is -2.44. The Bertz CT molecular complexity index is 666. The van der Waals surface area contributed by atoms with E-state index in [0.29, 0.717) is 0 Å². The lowest BCUT2D eigenvalue weighted by Gasteiger charge is -2.17. The number of amides is 1. The molecule has 0 saturated carbocycles. The van der Waals surface area contributed by atoms with Gasteiger partial charge in [0.05, 0.1) is 19.3 Å². The standard InChI is InChI=1S/C18H20FNO4/c1-12(13-5-3-2-4-6-13)20-17(23)11-24-18-14(9-21)7-16(19)8-15(18)10-22/h2-8,12,21-22H,9-11H2,1H3,(H,20,23)/t12-/m1/s1. The van der Waals surface area contributed by atoms with Gasteiger partial charge < -0.3 is 20.3 Å². The largest absolute Gasteiger partial charge is 0.483 e. The van der Waals surface area contributed by atoms with Gasteiger partial charge in [-0.05, 0) is 24.6 Å². The van der Waals surface area contributed by atoms with Gasteiger partial charge in [0.2, 0.25) is 0 Å². The minimum Gasteiger partial charge on any atom is -0.483 e. The highest BCUT2D eigenvalue weighted by Gasteiger charge is 2.15. The van der Waals surface area contributed by atoms with E-state index in [4.69, 9.17) is 4.74 Å². The van der Waals surface area contributed by atoms with Crippen LogP contribution in [-0.4, -0.2) is 22.7 Å². The number of ether oxygens (including phenoxy) is 1. The second-order valence-corrected chi connectivity index (χ2v) is 5.36. The number of hydrogen-bond acceptors (Lipinski definition) is 4. The Kier molecular flexibility index (Phi) is 6.28. The zero-order valence-corrected chi connectivity index (χ0v) is 13.3. The molecule has 0 aliphatic rings. The Morgan fingerprint density at radius 2 is 1.75 bits per heavy atom. The molecule has 2 rings (SSSR count). The highest BCUT2D eigenvalue weighted by atomic mass is 19.1. The fourth-order valence-corrected chi connectivity index (χ4v) is 2.38. The number of benzene rings is 2. The number of nitrogens with one attached hydrogen (secondary N) is 1. The maximum atomic E-state index is 13.4. The second-order valence-electron chi connectivity index (χ2n) is 5.36. The van der Waals surface area contributed by atoms with E-state index in [1.807, 2.05) is 37.3 Å². The molecule has 128 valence electrons. The van der Waals surface area contributed by atoms with E-state index in [1.165, 1.54) is 0 Å². The highest BCUT2D eigenvalue weighted by molar-refractivity contribution is 5.78. The van der Waals surface area contributed by atoms with Crippen LogP contribution >= 0.6 is 0 Å². The van der Waals surface area contributed by atoms with Crippen LogP contribution in [0.4, 0.5) is 4.39 Å². The molecule has 0 aliphatic heterocycles. The summed E-state index contributed by atoms with van der Waals surface area (Å²) < 4.78 is 18.8. The van der Waals surface area contributed by atoms with Gasteiger partial charge in [-0.3, -0.25) is 4.79 Å². The number of aliphatic hydroxyl groups is 2. The first-order chi connectivity index (χ1) is 11.5. The summed E-state index contributed by atoms with van der Waals surface area (Å²) in [6.07, 6.45) is 0. The predicted molar refractivity (Wildman–Crippen MR) is 86.7 cm³/mol. The Morgan fingerprint density at radius 1 is 1.17 bits per heavy atom. The van der Waals surface area contributed by atoms with E-state index in [0.717, 1.165) is 17.7 Å². The molecule has 0 heterocycles. The quantitative estimate of drug-likeness (QED) is 0.725. The molecule has 2 aromatic rings. The van der Waals surface area contributed by atoms with E-state index >= 15 is 0 Å². The molecule has 0 aliphatic carbocycles. The molecule has 24 heavy (non-hydrogen) atoms. The van der Waals surface area contributed by atoms with Crippen molar-refractivity contribution in [2.75, 3.05) is 6.61 Å². The smallest absolute Gasteiger partial charge is 0.258 e. The van der Waals surface area contributed by atoms with Crippen molar-refractivity contribution in [2.24, 2.45) is 0 Å². The van der Waals surface area contributed by atoms with E-state index < -0.39 is 19.0 Å². The van der Waals surface area contributed by atoms with Crippen LogP contribution < -0.4 is 10.1 Å². The molecular weight excluding hydrogens is 313 g/mol. The van der Waals surface area contributed by atoms with E-state index in [1.54, 1.807) is 0 Å². The number of carbonyl (C=O) groups is 1. The minimum atomic E-state index is -0.586. The van der Waals surface area contributed by atoms with Crippen molar-refractivity contribution in [2.45, 2.75) is 26.2 Å². The van der Waals surface area contributed by atoms with Crippen molar-refractivity contribution >= 4 is 5.91 Å². The topological polar surface area (TPSA) is 78.8 Å². The molecule has 1 atom stereocenters. The van der Waals surface area contributed by atoms with Crippen molar-refractivity contribution in [3.05, 3.63) is 65.0 Å². The van der Waals surface area contributed by atoms with Crippen LogP contribution in [0.5, 0.6) is 5.75 Å². The van der Waals surface area contributed by atoms with Crippen LogP contribution in [0, 0.1) is 5.82 Å². The van der Waals surface area contributed by atoms with Crippen LogP contribution in [0.1, 0.15) is 29.7 Å². The van der Waals surface area contributed by atoms with Crippen molar-refractivity contribution in [3.63, 3.8) is 0 Å². The molecule has 5 nitrogen and oxygen atoms in total. The summed E-state index contributed by atoms with van der Waals surface area (Å²) in [6, 6.07) is 11.5. The molecule has 0 radical (unpaired) electrons. The summed E-state index contributed by atoms with van der Waals surface area (Å²) >= 11 is 0. The van der Waals surface area contributed by atoms with Crippen LogP contribution in [0.15, 0.2) is 42.5 Å². The normalized spacial score (nSPS) is 11.8. The Labute approximate surface area is 139 Å². The molecule has 0 unspecified atom stereocenters. The Morgan fingerprint density at radius 3 is 2.29 bits per heavy atom. The molecule has 0 saturated heterocycles. The number of hydrogen-bond donors (Lipinski definition) is 3. The van der Waals surface area contributed by atoms with Crippen molar-refractivity contribution in [3.8, 4) is 5.75 Å². The van der Waals surface area contributed by atoms with E-state index in [-0.39, 0.29) is 35.4 Å². The van der Waals surface area contributed by atoms with Gasteiger partial charge in [0.25, 0.3) is 5.91 Å². The monoisotopic (exact) mass is 333 g/mol. The lowest BCUT2D eigenvalue weighted by molar-refractivity contribution is -0.123. The highest BCUT2D eigenvalue weighted by Crippen LogP contribution is 2.26. The molecule has 6 heteroatoms. The summed E-state index contributed by atoms with van der Waals surface area (Å²) in [7, 11) is 0. The molecule has 0 fully saturated rings. The maximum absolute atomic E-state index is 13.4. The summed E-state index contributed by atoms with van der Waals surface area (Å²) in [5.74, 6) is -0.815. The van der Waals surface area contributed by atoms with E-state index in [9.17, 15) is 19.4 Å². The SMILES string of the molecule is C[C@@H](NC(=O)COc1c(CO)cc(F)cc1CO)c1ccccc1. The lowest BCUT2D eigenvalue weighted by atomic mass is 10.1. The average molecular weight is 333 g/mol. The maximum Gasteiger partial charge on any atom is 0.258 e. The van der Waals surface area contributed by atoms with Gasteiger partial charge in [-0.15, -0.1) is 0 Å². The molecule has 3 N–H and O–H groups in total. The van der Waals surface area contributed by atoms with Crippen molar-refractivity contribution in [1.29, 1.82) is 0 Å². The van der Waals surface area contributed by atoms with Gasteiger partial charge in [0, 0.05) is 11.1 Å². The molecule has 2 aromatic carbocycles. The predicted octanol–water partition coefficient (Wildman–Crippen LogP) is 2.07. The lowest BCUT2D eigenvalue weighted by Crippen LogP contribution is -2.31. The zero-order chi connectivity index (χ0) is 17.5. The fraction of sp³-hybridized carbons (Fsp3) is 0.278. The summed E-state index contributed by atoms with van der Waals surface area (Å²) in [4.78, 5) is 12.0. The Balaban J connectivity index is 2.01. The van der Waals surface area contributed by atoms with E-state index in [2.05, 4.69) is 5.32 Å². The van der Waals surface area contributed by atoms with Gasteiger partial charge >= 0.3 is 0 Å². The number of halogens is 1. The molecule has 0 aromatic heterocycles. The molecule has 0 spiro atoms. The second kappa shape index (κ2) is 8.42. The number of carbonyl (C=O) groups excluding carboxylic acids is 1. The van der Waals surface area contributed by atoms with Crippen molar-refractivity contribution in [1.82, 2.24) is 5.32 Å². The van der Waals surface area contributed by atoms with Crippen LogP contribution in [0.25, 0.3) is 0 Å². The third-order valence-corrected chi connectivity index (χ3v) is 3.57. The van der Waals surface area contributed by atoms with Gasteiger partial charge in [-0.1, -0.05) is 30.3 Å². The van der Waals surface area contributed by atoms with Crippen molar-refractivity contribution < 1.29 is 24.1 Å². The number of aliphatic hydroxyl groups excluding tert-OH is 2. The fourth-order valence-electron chi connectivity index (χ4n) is 2.38. The van der Waals surface area contributed by atoms with Crippen LogP contribution in [0.2, 0.25) is 0 Å². The van der Waals surface area contributed by atoms with Gasteiger partial charge in [0.1, 0.15) is 11.6 Å². The van der Waals surface area contributed by atoms with Gasteiger partial charge in [-0.25, -0.2) is 4.39 Å². The average Bonchev–Trinajstić information content (AvgIpc) is 2.60. The summed E-state index contributed by atoms with van der Waals surface area (Å²) in [5.41, 5.74) is 1.32. The summed E-state index contributed by atoms with van der Waals surface area (Å²) in [5, 5.41) is 21.4. The van der Waals surface area contributed by atoms with Gasteiger partial charge in [-0.2, -0.15) is 0 Å². The first-order valence-corrected chi connectivity index (χ1v) is 7.55. The molecule has 1 amide bonds. The number of rotatable bonds is 7. The molecule has 0 bridgehead atoms. The zero-order valence-electron chi connectivity index (χ0n) is 13.3. The first-order valence-electron chi connectivity index (χ1n) is 7.55. The summed E-state index contributed by atoms with van der Waals surface area (Å²) in [6.45, 7) is 0.635. The first kappa shape index (κ1) is 17.9.